The molecule has 1 rings (SSSR count). The van der Waals surface area contributed by atoms with Crippen LogP contribution >= 0.6 is 23.2 Å². The van der Waals surface area contributed by atoms with Gasteiger partial charge in [0.05, 0.1) is 6.04 Å². The summed E-state index contributed by atoms with van der Waals surface area (Å²) in [6.07, 6.45) is 2.52. The van der Waals surface area contributed by atoms with E-state index in [1.165, 1.54) is 0 Å². The van der Waals surface area contributed by atoms with Gasteiger partial charge in [-0.15, -0.1) is 0 Å². The number of rotatable bonds is 3. The van der Waals surface area contributed by atoms with Crippen molar-refractivity contribution in [3.05, 3.63) is 33.8 Å². The number of benzene rings is 1. The van der Waals surface area contributed by atoms with Crippen LogP contribution in [-0.4, -0.2) is 17.8 Å². The average Bonchev–Trinajstić information content (AvgIpc) is 2.34. The summed E-state index contributed by atoms with van der Waals surface area (Å²) in [5.74, 6) is 0.732. The van der Waals surface area contributed by atoms with E-state index in [1.54, 1.807) is 12.1 Å². The van der Waals surface area contributed by atoms with Crippen molar-refractivity contribution in [2.24, 2.45) is 4.99 Å². The van der Waals surface area contributed by atoms with E-state index in [0.29, 0.717) is 16.5 Å². The van der Waals surface area contributed by atoms with Crippen LogP contribution in [0.3, 0.4) is 0 Å². The third kappa shape index (κ3) is 3.38. The predicted octanol–water partition coefficient (Wildman–Crippen LogP) is 4.28. The third-order valence-electron chi connectivity index (χ3n) is 2.90. The van der Waals surface area contributed by atoms with E-state index in [0.717, 1.165) is 11.4 Å². The van der Waals surface area contributed by atoms with Gasteiger partial charge in [0.2, 0.25) is 6.19 Å². The van der Waals surface area contributed by atoms with Crippen LogP contribution in [0.15, 0.2) is 23.2 Å². The largest absolute Gasteiger partial charge is 0.356 e. The molecule has 1 atom stereocenters. The fraction of sp³-hybridized carbons (Fsp3) is 0.385. The summed E-state index contributed by atoms with van der Waals surface area (Å²) in [7, 11) is 1.90. The summed E-state index contributed by atoms with van der Waals surface area (Å²) in [4.78, 5) is 5.76. The maximum atomic E-state index is 8.65. The summed E-state index contributed by atoms with van der Waals surface area (Å²) >= 11 is 12.1. The van der Waals surface area contributed by atoms with Gasteiger partial charge in [0.15, 0.2) is 0 Å². The number of nitriles is 1. The lowest BCUT2D eigenvalue weighted by Crippen LogP contribution is -2.29. The zero-order valence-corrected chi connectivity index (χ0v) is 12.1. The van der Waals surface area contributed by atoms with E-state index in [9.17, 15) is 0 Å². The van der Waals surface area contributed by atoms with Gasteiger partial charge >= 0.3 is 0 Å². The van der Waals surface area contributed by atoms with Gasteiger partial charge in [-0.3, -0.25) is 0 Å². The molecule has 0 saturated heterocycles. The van der Waals surface area contributed by atoms with Crippen LogP contribution in [0.1, 0.15) is 31.9 Å². The van der Waals surface area contributed by atoms with Crippen molar-refractivity contribution < 1.29 is 0 Å². The lowest BCUT2D eigenvalue weighted by molar-refractivity contribution is 0.396. The molecule has 0 aliphatic heterocycles. The van der Waals surface area contributed by atoms with E-state index in [4.69, 9.17) is 28.5 Å². The molecule has 1 unspecified atom stereocenters. The Morgan fingerprint density at radius 2 is 2.17 bits per heavy atom. The molecule has 0 aliphatic rings. The monoisotopic (exact) mass is 283 g/mol. The van der Waals surface area contributed by atoms with Gasteiger partial charge in [-0.25, -0.2) is 0 Å². The second-order valence-electron chi connectivity index (χ2n) is 3.93. The molecule has 0 saturated carbocycles. The highest BCUT2D eigenvalue weighted by molar-refractivity contribution is 6.35. The topological polar surface area (TPSA) is 39.4 Å². The first-order valence-corrected chi connectivity index (χ1v) is 6.40. The first-order chi connectivity index (χ1) is 8.51. The van der Waals surface area contributed by atoms with Crippen LogP contribution in [0.5, 0.6) is 0 Å². The van der Waals surface area contributed by atoms with E-state index in [2.05, 4.69) is 4.99 Å². The number of halogens is 2. The molecule has 0 heterocycles. The average molecular weight is 284 g/mol. The van der Waals surface area contributed by atoms with E-state index in [1.807, 2.05) is 38.1 Å². The molecule has 0 bridgehead atoms. The van der Waals surface area contributed by atoms with Crippen LogP contribution in [0.4, 0.5) is 0 Å². The number of hydrogen-bond acceptors (Lipinski definition) is 2. The zero-order valence-electron chi connectivity index (χ0n) is 10.6. The fourth-order valence-corrected chi connectivity index (χ4v) is 2.30. The van der Waals surface area contributed by atoms with Crippen molar-refractivity contribution in [2.75, 3.05) is 7.05 Å². The Kier molecular flexibility index (Phi) is 5.46. The minimum Gasteiger partial charge on any atom is -0.356 e. The first kappa shape index (κ1) is 14.8. The van der Waals surface area contributed by atoms with Gasteiger partial charge in [0.25, 0.3) is 0 Å². The van der Waals surface area contributed by atoms with Crippen molar-refractivity contribution in [3.8, 4) is 6.19 Å². The molecule has 0 fully saturated rings. The Morgan fingerprint density at radius 1 is 1.50 bits per heavy atom. The minimum atomic E-state index is 0.0295. The molecular weight excluding hydrogens is 269 g/mol. The third-order valence-corrected chi connectivity index (χ3v) is 3.46. The lowest BCUT2D eigenvalue weighted by Gasteiger charge is -2.28. The van der Waals surface area contributed by atoms with Crippen molar-refractivity contribution in [3.63, 3.8) is 0 Å². The second kappa shape index (κ2) is 6.63. The maximum absolute atomic E-state index is 8.65. The Morgan fingerprint density at radius 3 is 2.67 bits per heavy atom. The van der Waals surface area contributed by atoms with Gasteiger partial charge in [-0.2, -0.15) is 10.3 Å². The fourth-order valence-electron chi connectivity index (χ4n) is 1.74. The maximum Gasteiger partial charge on any atom is 0.207 e. The van der Waals surface area contributed by atoms with Crippen molar-refractivity contribution >= 4 is 29.0 Å². The molecule has 96 valence electrons. The number of nitrogens with zero attached hydrogens (tertiary/aromatic N) is 3. The van der Waals surface area contributed by atoms with Gasteiger partial charge in [0.1, 0.15) is 5.84 Å². The molecule has 5 heteroatoms. The van der Waals surface area contributed by atoms with Crippen molar-refractivity contribution in [1.82, 2.24) is 4.90 Å². The zero-order chi connectivity index (χ0) is 13.7. The summed E-state index contributed by atoms with van der Waals surface area (Å²) < 4.78 is 0. The molecule has 1 aromatic carbocycles. The first-order valence-electron chi connectivity index (χ1n) is 5.64. The Hall–Kier alpha value is -1.24. The molecule has 0 spiro atoms. The highest BCUT2D eigenvalue weighted by Crippen LogP contribution is 2.29. The van der Waals surface area contributed by atoms with Crippen LogP contribution in [0, 0.1) is 11.5 Å². The van der Waals surface area contributed by atoms with E-state index < -0.39 is 0 Å². The van der Waals surface area contributed by atoms with E-state index in [-0.39, 0.29) is 6.04 Å². The van der Waals surface area contributed by atoms with Crippen molar-refractivity contribution in [1.29, 1.82) is 5.26 Å². The van der Waals surface area contributed by atoms with E-state index >= 15 is 0 Å². The molecule has 0 aromatic heterocycles. The normalized spacial score (nSPS) is 13.0. The molecule has 0 amide bonds. The van der Waals surface area contributed by atoms with Gasteiger partial charge in [-0.1, -0.05) is 36.2 Å². The standard InChI is InChI=1S/C13H15Cl2N3/c1-4-13(17-8-16)18(3)9(2)11-6-5-10(14)7-12(11)15/h5-7,9H,4H2,1-3H3. The second-order valence-corrected chi connectivity index (χ2v) is 4.78. The van der Waals surface area contributed by atoms with Gasteiger partial charge in [-0.05, 0) is 24.6 Å². The minimum absolute atomic E-state index is 0.0295. The molecule has 18 heavy (non-hydrogen) atoms. The molecule has 0 aliphatic carbocycles. The number of hydrogen-bond donors (Lipinski definition) is 0. The van der Waals surface area contributed by atoms with Gasteiger partial charge < -0.3 is 4.90 Å². The van der Waals surface area contributed by atoms with Crippen LogP contribution in [0.25, 0.3) is 0 Å². The SMILES string of the molecule is CCC(=NC#N)N(C)C(C)c1ccc(Cl)cc1Cl. The quantitative estimate of drug-likeness (QED) is 0.472. The Bertz CT molecular complexity index is 491. The van der Waals surface area contributed by atoms with Crippen LogP contribution < -0.4 is 0 Å². The summed E-state index contributed by atoms with van der Waals surface area (Å²) in [5.41, 5.74) is 0.961. The molecule has 0 radical (unpaired) electrons. The Labute approximate surface area is 118 Å². The van der Waals surface area contributed by atoms with Crippen LogP contribution in [-0.2, 0) is 0 Å². The molecule has 0 N–H and O–H groups in total. The molecule has 3 nitrogen and oxygen atoms in total. The predicted molar refractivity (Wildman–Crippen MR) is 76.0 cm³/mol. The highest BCUT2D eigenvalue weighted by Gasteiger charge is 2.17. The summed E-state index contributed by atoms with van der Waals surface area (Å²) in [5, 5.41) is 9.88. The lowest BCUT2D eigenvalue weighted by atomic mass is 10.1. The summed E-state index contributed by atoms with van der Waals surface area (Å²) in [6.45, 7) is 3.97. The molecule has 1 aromatic rings. The van der Waals surface area contributed by atoms with Crippen molar-refractivity contribution in [2.45, 2.75) is 26.3 Å². The highest BCUT2D eigenvalue weighted by atomic mass is 35.5. The number of aliphatic imine (C=N–C) groups is 1. The number of amidine groups is 1. The van der Waals surface area contributed by atoms with Crippen LogP contribution in [0.2, 0.25) is 10.0 Å². The summed E-state index contributed by atoms with van der Waals surface area (Å²) in [6, 6.07) is 5.45. The smallest absolute Gasteiger partial charge is 0.207 e. The Balaban J connectivity index is 3.03. The van der Waals surface area contributed by atoms with Gasteiger partial charge in [0, 0.05) is 23.5 Å². The molecular formula is C13H15Cl2N3.